The van der Waals surface area contributed by atoms with Crippen molar-refractivity contribution in [2.24, 2.45) is 5.92 Å². The Morgan fingerprint density at radius 3 is 2.75 bits per heavy atom. The molecule has 0 saturated carbocycles. The standard InChI is InChI=1S/C13H28N2O/c1-5-7-14-9-11(2)12(3)15-8-6-13(10-15)16-4/h11-14H,5-10H2,1-4H3. The minimum absolute atomic E-state index is 0.457. The minimum Gasteiger partial charge on any atom is -0.380 e. The Hall–Kier alpha value is -0.120. The fourth-order valence-corrected chi connectivity index (χ4v) is 2.35. The van der Waals surface area contributed by atoms with E-state index < -0.39 is 0 Å². The van der Waals surface area contributed by atoms with Crippen molar-refractivity contribution in [2.75, 3.05) is 33.3 Å². The molecule has 3 unspecified atom stereocenters. The molecule has 0 aromatic heterocycles. The van der Waals surface area contributed by atoms with Gasteiger partial charge in [0.1, 0.15) is 0 Å². The average Bonchev–Trinajstić information content (AvgIpc) is 2.76. The molecule has 0 aliphatic carbocycles. The first-order valence-electron chi connectivity index (χ1n) is 6.66. The zero-order valence-electron chi connectivity index (χ0n) is 11.3. The van der Waals surface area contributed by atoms with E-state index >= 15 is 0 Å². The fourth-order valence-electron chi connectivity index (χ4n) is 2.35. The Bertz CT molecular complexity index is 187. The molecule has 16 heavy (non-hydrogen) atoms. The van der Waals surface area contributed by atoms with Crippen molar-refractivity contribution in [3.05, 3.63) is 0 Å². The second-order valence-corrected chi connectivity index (χ2v) is 5.06. The molecule has 0 aromatic carbocycles. The van der Waals surface area contributed by atoms with E-state index in [-0.39, 0.29) is 0 Å². The van der Waals surface area contributed by atoms with Crippen LogP contribution in [0.15, 0.2) is 0 Å². The topological polar surface area (TPSA) is 24.5 Å². The Labute approximate surface area is 101 Å². The van der Waals surface area contributed by atoms with Gasteiger partial charge in [-0.3, -0.25) is 4.90 Å². The van der Waals surface area contributed by atoms with Gasteiger partial charge in [-0.05, 0) is 38.8 Å². The Morgan fingerprint density at radius 1 is 1.44 bits per heavy atom. The molecule has 3 nitrogen and oxygen atoms in total. The highest BCUT2D eigenvalue weighted by Gasteiger charge is 2.28. The van der Waals surface area contributed by atoms with Gasteiger partial charge in [0.2, 0.25) is 0 Å². The zero-order valence-corrected chi connectivity index (χ0v) is 11.3. The molecule has 1 aliphatic heterocycles. The summed E-state index contributed by atoms with van der Waals surface area (Å²) in [6, 6.07) is 0.657. The molecular weight excluding hydrogens is 200 g/mol. The smallest absolute Gasteiger partial charge is 0.0710 e. The van der Waals surface area contributed by atoms with Crippen molar-refractivity contribution in [3.63, 3.8) is 0 Å². The van der Waals surface area contributed by atoms with Crippen molar-refractivity contribution < 1.29 is 4.74 Å². The third kappa shape index (κ3) is 4.04. The van der Waals surface area contributed by atoms with E-state index in [2.05, 4.69) is 31.0 Å². The van der Waals surface area contributed by atoms with Gasteiger partial charge in [-0.2, -0.15) is 0 Å². The summed E-state index contributed by atoms with van der Waals surface area (Å²) in [7, 11) is 1.82. The molecule has 0 bridgehead atoms. The predicted molar refractivity (Wildman–Crippen MR) is 68.8 cm³/mol. The number of hydrogen-bond acceptors (Lipinski definition) is 3. The van der Waals surface area contributed by atoms with Crippen LogP contribution in [-0.4, -0.2) is 50.3 Å². The first kappa shape index (κ1) is 13.9. The number of likely N-dealkylation sites (tertiary alicyclic amines) is 1. The maximum atomic E-state index is 5.41. The third-order valence-corrected chi connectivity index (χ3v) is 3.80. The molecule has 96 valence electrons. The molecule has 1 heterocycles. The molecule has 1 rings (SSSR count). The zero-order chi connectivity index (χ0) is 12.0. The number of nitrogens with zero attached hydrogens (tertiary/aromatic N) is 1. The molecule has 3 atom stereocenters. The van der Waals surface area contributed by atoms with Crippen LogP contribution in [0.3, 0.4) is 0 Å². The number of methoxy groups -OCH3 is 1. The van der Waals surface area contributed by atoms with E-state index in [0.29, 0.717) is 18.1 Å². The summed E-state index contributed by atoms with van der Waals surface area (Å²) in [5.41, 5.74) is 0. The summed E-state index contributed by atoms with van der Waals surface area (Å²) >= 11 is 0. The van der Waals surface area contributed by atoms with Gasteiger partial charge in [0.15, 0.2) is 0 Å². The summed E-state index contributed by atoms with van der Waals surface area (Å²) in [4.78, 5) is 2.56. The summed E-state index contributed by atoms with van der Waals surface area (Å²) in [6.07, 6.45) is 2.87. The molecule has 1 aliphatic rings. The average molecular weight is 228 g/mol. The molecule has 0 radical (unpaired) electrons. The van der Waals surface area contributed by atoms with Gasteiger partial charge in [-0.15, -0.1) is 0 Å². The maximum Gasteiger partial charge on any atom is 0.0710 e. The highest BCUT2D eigenvalue weighted by atomic mass is 16.5. The summed E-state index contributed by atoms with van der Waals surface area (Å²) < 4.78 is 5.41. The molecule has 3 heteroatoms. The Kier molecular flexibility index (Phi) is 6.32. The molecule has 0 aromatic rings. The van der Waals surface area contributed by atoms with E-state index in [9.17, 15) is 0 Å². The van der Waals surface area contributed by atoms with Crippen molar-refractivity contribution in [3.8, 4) is 0 Å². The van der Waals surface area contributed by atoms with Gasteiger partial charge in [0.25, 0.3) is 0 Å². The number of ether oxygens (including phenoxy) is 1. The van der Waals surface area contributed by atoms with Gasteiger partial charge in [0.05, 0.1) is 6.10 Å². The molecule has 1 N–H and O–H groups in total. The summed E-state index contributed by atoms with van der Waals surface area (Å²) in [5, 5.41) is 3.51. The van der Waals surface area contributed by atoms with Crippen LogP contribution >= 0.6 is 0 Å². The van der Waals surface area contributed by atoms with Crippen molar-refractivity contribution in [1.29, 1.82) is 0 Å². The van der Waals surface area contributed by atoms with Gasteiger partial charge < -0.3 is 10.1 Å². The van der Waals surface area contributed by atoms with Crippen LogP contribution in [0, 0.1) is 5.92 Å². The van der Waals surface area contributed by atoms with Crippen LogP contribution < -0.4 is 5.32 Å². The van der Waals surface area contributed by atoms with E-state index in [1.165, 1.54) is 19.4 Å². The van der Waals surface area contributed by atoms with E-state index in [1.54, 1.807) is 0 Å². The molecular formula is C13H28N2O. The molecule has 0 spiro atoms. The summed E-state index contributed by atoms with van der Waals surface area (Å²) in [6.45, 7) is 11.5. The van der Waals surface area contributed by atoms with Crippen LogP contribution in [0.25, 0.3) is 0 Å². The van der Waals surface area contributed by atoms with Crippen LogP contribution in [0.1, 0.15) is 33.6 Å². The van der Waals surface area contributed by atoms with Gasteiger partial charge in [-0.1, -0.05) is 13.8 Å². The third-order valence-electron chi connectivity index (χ3n) is 3.80. The second-order valence-electron chi connectivity index (χ2n) is 5.06. The quantitative estimate of drug-likeness (QED) is 0.672. The number of nitrogens with one attached hydrogen (secondary N) is 1. The van der Waals surface area contributed by atoms with Crippen LogP contribution in [0.5, 0.6) is 0 Å². The van der Waals surface area contributed by atoms with Gasteiger partial charge >= 0.3 is 0 Å². The van der Waals surface area contributed by atoms with E-state index in [0.717, 1.165) is 19.6 Å². The SMILES string of the molecule is CCCNCC(C)C(C)N1CCC(OC)C1. The van der Waals surface area contributed by atoms with E-state index in [4.69, 9.17) is 4.74 Å². The lowest BCUT2D eigenvalue weighted by Crippen LogP contribution is -2.40. The highest BCUT2D eigenvalue weighted by Crippen LogP contribution is 2.19. The van der Waals surface area contributed by atoms with Gasteiger partial charge in [-0.25, -0.2) is 0 Å². The fraction of sp³-hybridized carbons (Fsp3) is 1.00. The molecule has 1 saturated heterocycles. The Morgan fingerprint density at radius 2 is 2.19 bits per heavy atom. The highest BCUT2D eigenvalue weighted by molar-refractivity contribution is 4.82. The van der Waals surface area contributed by atoms with Crippen molar-refractivity contribution in [1.82, 2.24) is 10.2 Å². The first-order chi connectivity index (χ1) is 7.69. The number of hydrogen-bond donors (Lipinski definition) is 1. The maximum absolute atomic E-state index is 5.41. The Balaban J connectivity index is 2.25. The summed E-state index contributed by atoms with van der Waals surface area (Å²) in [5.74, 6) is 0.710. The predicted octanol–water partition coefficient (Wildman–Crippen LogP) is 1.73. The number of rotatable bonds is 7. The van der Waals surface area contributed by atoms with Crippen LogP contribution in [0.2, 0.25) is 0 Å². The first-order valence-corrected chi connectivity index (χ1v) is 6.66. The normalized spacial score (nSPS) is 25.9. The lowest BCUT2D eigenvalue weighted by molar-refractivity contribution is 0.0959. The minimum atomic E-state index is 0.457. The second kappa shape index (κ2) is 7.25. The van der Waals surface area contributed by atoms with Crippen LogP contribution in [0.4, 0.5) is 0 Å². The van der Waals surface area contributed by atoms with Crippen molar-refractivity contribution >= 4 is 0 Å². The van der Waals surface area contributed by atoms with Gasteiger partial charge in [0, 0.05) is 26.2 Å². The lowest BCUT2D eigenvalue weighted by atomic mass is 10.0. The largest absolute Gasteiger partial charge is 0.380 e. The van der Waals surface area contributed by atoms with Crippen molar-refractivity contribution in [2.45, 2.75) is 45.8 Å². The van der Waals surface area contributed by atoms with Crippen LogP contribution in [-0.2, 0) is 4.74 Å². The molecule has 1 fully saturated rings. The van der Waals surface area contributed by atoms with E-state index in [1.807, 2.05) is 7.11 Å². The monoisotopic (exact) mass is 228 g/mol. The lowest BCUT2D eigenvalue weighted by Gasteiger charge is -2.29. The molecule has 0 amide bonds.